The fraction of sp³-hybridized carbons (Fsp3) is 0.0444. The van der Waals surface area contributed by atoms with Crippen LogP contribution < -0.4 is 10.6 Å². The van der Waals surface area contributed by atoms with Gasteiger partial charge in [-0.15, -0.1) is 0 Å². The van der Waals surface area contributed by atoms with E-state index >= 15 is 0 Å². The van der Waals surface area contributed by atoms with Crippen LogP contribution in [0.15, 0.2) is 164 Å². The fourth-order valence-electron chi connectivity index (χ4n) is 7.82. The average Bonchev–Trinajstić information content (AvgIpc) is 3.71. The molecule has 10 rings (SSSR count). The molecule has 8 aromatic rings. The topological polar surface area (TPSA) is 46.8 Å². The SMILES string of the molecule is C1=CNC(c2cc(-c3ccccn3)cc(-n3c4c(c5ccc(-c6cccc7c6c6ccccc6n7-c6ccccc6)cc53)C=CCN4)c2)C=C1. The first-order chi connectivity index (χ1) is 24.8. The van der Waals surface area contributed by atoms with Crippen LogP contribution in [0.4, 0.5) is 5.82 Å². The molecule has 0 fully saturated rings. The average molecular weight is 644 g/mol. The van der Waals surface area contributed by atoms with E-state index < -0.39 is 0 Å². The highest BCUT2D eigenvalue weighted by molar-refractivity contribution is 6.16. The van der Waals surface area contributed by atoms with Gasteiger partial charge in [0.05, 0.1) is 28.3 Å². The zero-order chi connectivity index (χ0) is 33.0. The lowest BCUT2D eigenvalue weighted by molar-refractivity contribution is 0.746. The highest BCUT2D eigenvalue weighted by Crippen LogP contribution is 2.42. The maximum atomic E-state index is 4.75. The highest BCUT2D eigenvalue weighted by atomic mass is 15.1. The van der Waals surface area contributed by atoms with Gasteiger partial charge in [-0.3, -0.25) is 9.55 Å². The van der Waals surface area contributed by atoms with Crippen LogP contribution in [0.1, 0.15) is 17.2 Å². The monoisotopic (exact) mass is 643 g/mol. The van der Waals surface area contributed by atoms with Gasteiger partial charge in [-0.1, -0.05) is 91.0 Å². The molecule has 0 bridgehead atoms. The number of hydrogen-bond acceptors (Lipinski definition) is 3. The summed E-state index contributed by atoms with van der Waals surface area (Å²) in [4.78, 5) is 4.75. The number of dihydropyridines is 1. The number of rotatable bonds is 5. The number of benzene rings is 5. The van der Waals surface area contributed by atoms with Crippen molar-refractivity contribution in [1.82, 2.24) is 19.4 Å². The number of nitrogens with zero attached hydrogens (tertiary/aromatic N) is 3. The molecular formula is C45H33N5. The molecule has 5 heterocycles. The number of aromatic nitrogens is 3. The molecule has 5 heteroatoms. The van der Waals surface area contributed by atoms with Crippen molar-refractivity contribution < 1.29 is 0 Å². The first-order valence-corrected chi connectivity index (χ1v) is 17.1. The second-order valence-corrected chi connectivity index (χ2v) is 12.9. The second kappa shape index (κ2) is 11.5. The van der Waals surface area contributed by atoms with Crippen LogP contribution in [-0.4, -0.2) is 20.7 Å². The van der Waals surface area contributed by atoms with E-state index in [4.69, 9.17) is 4.98 Å². The number of pyridine rings is 1. The Labute approximate surface area is 290 Å². The first-order valence-electron chi connectivity index (χ1n) is 17.1. The van der Waals surface area contributed by atoms with Gasteiger partial charge in [0.15, 0.2) is 0 Å². The van der Waals surface area contributed by atoms with Crippen molar-refractivity contribution >= 4 is 44.6 Å². The molecule has 2 N–H and O–H groups in total. The van der Waals surface area contributed by atoms with Crippen molar-refractivity contribution in [1.29, 1.82) is 0 Å². The van der Waals surface area contributed by atoms with Gasteiger partial charge in [0.2, 0.25) is 0 Å². The summed E-state index contributed by atoms with van der Waals surface area (Å²) in [6.07, 6.45) is 14.7. The van der Waals surface area contributed by atoms with Gasteiger partial charge in [0, 0.05) is 51.4 Å². The van der Waals surface area contributed by atoms with Gasteiger partial charge in [-0.05, 0) is 89.6 Å². The molecule has 2 aliphatic heterocycles. The number of allylic oxidation sites excluding steroid dienone is 2. The lowest BCUT2D eigenvalue weighted by atomic mass is 9.97. The fourth-order valence-corrected chi connectivity index (χ4v) is 7.82. The molecule has 0 saturated carbocycles. The van der Waals surface area contributed by atoms with Gasteiger partial charge in [0.1, 0.15) is 5.82 Å². The summed E-state index contributed by atoms with van der Waals surface area (Å²) < 4.78 is 4.79. The van der Waals surface area contributed by atoms with Crippen LogP contribution >= 0.6 is 0 Å². The number of anilines is 1. The minimum absolute atomic E-state index is 0.0583. The Hall–Kier alpha value is -6.59. The number of fused-ring (bicyclic) bond motifs is 6. The van der Waals surface area contributed by atoms with Crippen molar-refractivity contribution in [3.05, 3.63) is 175 Å². The maximum Gasteiger partial charge on any atom is 0.119 e. The molecule has 0 aliphatic carbocycles. The van der Waals surface area contributed by atoms with Crippen molar-refractivity contribution in [3.8, 4) is 33.8 Å². The lowest BCUT2D eigenvalue weighted by Gasteiger charge is -2.21. The van der Waals surface area contributed by atoms with Crippen molar-refractivity contribution in [2.24, 2.45) is 0 Å². The van der Waals surface area contributed by atoms with Gasteiger partial charge in [0.25, 0.3) is 0 Å². The maximum absolute atomic E-state index is 4.75. The Morgan fingerprint density at radius 3 is 2.40 bits per heavy atom. The van der Waals surface area contributed by atoms with Gasteiger partial charge in [-0.2, -0.15) is 0 Å². The molecule has 50 heavy (non-hydrogen) atoms. The molecular weight excluding hydrogens is 611 g/mol. The molecule has 5 nitrogen and oxygen atoms in total. The molecule has 0 radical (unpaired) electrons. The molecule has 3 aromatic heterocycles. The third-order valence-corrected chi connectivity index (χ3v) is 10.0. The Morgan fingerprint density at radius 1 is 0.640 bits per heavy atom. The third kappa shape index (κ3) is 4.51. The Morgan fingerprint density at radius 2 is 1.52 bits per heavy atom. The smallest absolute Gasteiger partial charge is 0.119 e. The Bertz CT molecular complexity index is 2670. The van der Waals surface area contributed by atoms with Crippen LogP contribution in [0, 0.1) is 0 Å². The molecule has 1 unspecified atom stereocenters. The van der Waals surface area contributed by atoms with E-state index in [2.05, 4.69) is 165 Å². The standard InChI is InChI=1S/C45H33N5/c1-2-12-33(13-3-1)49-41-19-5-4-14-38(41)44-35(15-10-20-42(44)49)30-21-22-36-37-16-11-25-48-45(37)50(43(36)29-30)34-27-31(39-17-6-8-23-46-39)26-32(28-34)40-18-7-9-24-47-40/h1-24,26-29,39,46,48H,25H2. The second-order valence-electron chi connectivity index (χ2n) is 12.9. The van der Waals surface area contributed by atoms with Gasteiger partial charge >= 0.3 is 0 Å². The van der Waals surface area contributed by atoms with Gasteiger partial charge < -0.3 is 15.2 Å². The molecule has 0 saturated heterocycles. The van der Waals surface area contributed by atoms with E-state index in [0.29, 0.717) is 0 Å². The van der Waals surface area contributed by atoms with E-state index in [9.17, 15) is 0 Å². The van der Waals surface area contributed by atoms with Crippen LogP contribution in [0.2, 0.25) is 0 Å². The first kappa shape index (κ1) is 28.4. The summed E-state index contributed by atoms with van der Waals surface area (Å²) in [5.74, 6) is 1.11. The van der Waals surface area contributed by atoms with E-state index in [1.807, 2.05) is 24.5 Å². The molecule has 0 amide bonds. The highest BCUT2D eigenvalue weighted by Gasteiger charge is 2.23. The van der Waals surface area contributed by atoms with E-state index in [1.165, 1.54) is 49.4 Å². The Balaban J connectivity index is 1.23. The van der Waals surface area contributed by atoms with E-state index in [0.717, 1.165) is 40.5 Å². The van der Waals surface area contributed by atoms with Crippen LogP contribution in [0.3, 0.4) is 0 Å². The summed E-state index contributed by atoms with van der Waals surface area (Å²) in [6.45, 7) is 0.777. The van der Waals surface area contributed by atoms with Crippen LogP contribution in [0.25, 0.3) is 72.5 Å². The molecule has 1 atom stereocenters. The predicted octanol–water partition coefficient (Wildman–Crippen LogP) is 10.6. The number of hydrogen-bond donors (Lipinski definition) is 2. The summed E-state index contributed by atoms with van der Waals surface area (Å²) >= 11 is 0. The minimum Gasteiger partial charge on any atom is -0.381 e. The summed E-state index contributed by atoms with van der Waals surface area (Å²) in [5.41, 5.74) is 12.6. The molecule has 238 valence electrons. The van der Waals surface area contributed by atoms with Crippen molar-refractivity contribution in [3.63, 3.8) is 0 Å². The number of para-hydroxylation sites is 2. The molecule has 2 aliphatic rings. The quantitative estimate of drug-likeness (QED) is 0.196. The molecule has 5 aromatic carbocycles. The van der Waals surface area contributed by atoms with E-state index in [1.54, 1.807) is 0 Å². The van der Waals surface area contributed by atoms with Crippen molar-refractivity contribution in [2.45, 2.75) is 6.04 Å². The van der Waals surface area contributed by atoms with Gasteiger partial charge in [-0.25, -0.2) is 0 Å². The minimum atomic E-state index is 0.0583. The zero-order valence-corrected chi connectivity index (χ0v) is 27.3. The van der Waals surface area contributed by atoms with Crippen LogP contribution in [0.5, 0.6) is 0 Å². The summed E-state index contributed by atoms with van der Waals surface area (Å²) in [7, 11) is 0. The lowest BCUT2D eigenvalue weighted by Crippen LogP contribution is -2.16. The van der Waals surface area contributed by atoms with E-state index in [-0.39, 0.29) is 6.04 Å². The predicted molar refractivity (Wildman–Crippen MR) is 208 cm³/mol. The largest absolute Gasteiger partial charge is 0.381 e. The third-order valence-electron chi connectivity index (χ3n) is 10.0. The summed E-state index contributed by atoms with van der Waals surface area (Å²) in [5, 5.41) is 11.0. The summed E-state index contributed by atoms with van der Waals surface area (Å²) in [6, 6.07) is 46.1. The Kier molecular flexibility index (Phi) is 6.56. The number of nitrogens with one attached hydrogen (secondary N) is 2. The zero-order valence-electron chi connectivity index (χ0n) is 27.3. The van der Waals surface area contributed by atoms with Crippen molar-refractivity contribution in [2.75, 3.05) is 11.9 Å². The molecule has 0 spiro atoms. The normalized spacial score (nSPS) is 15.0. The van der Waals surface area contributed by atoms with Crippen LogP contribution in [-0.2, 0) is 0 Å².